The molecule has 1 aliphatic carbocycles. The normalized spacial score (nSPS) is 11.8. The molecule has 0 unspecified atom stereocenters. The summed E-state index contributed by atoms with van der Waals surface area (Å²) >= 11 is 0. The number of pyridine rings is 4. The standard InChI is InChI=1S/C28H18N3O4.C28H16N3O4.Fe/c2*32-27(33)17-9-21-19-7-3-1-5-15(19)13-29-25(21)23(11-17)31-24-12-18(28(34)35)10-22-20-8-4-2-6-16(20)14-30-26(22)24;/h1-5,7,9-14H,6,8H2,(H,32,33)(H,34,35);1-14H,(H,32,33)(H,34,35);/q2*-1;+2. The predicted molar refractivity (Wildman–Crippen MR) is 269 cm³/mol. The third kappa shape index (κ3) is 8.30. The van der Waals surface area contributed by atoms with E-state index in [1.807, 2.05) is 72.8 Å². The van der Waals surface area contributed by atoms with Gasteiger partial charge < -0.3 is 31.1 Å². The molecule has 0 spiro atoms. The van der Waals surface area contributed by atoms with Crippen LogP contribution in [-0.2, 0) is 29.9 Å². The number of carboxylic acid groups (broad SMARTS) is 4. The molecule has 4 heterocycles. The van der Waals surface area contributed by atoms with Crippen LogP contribution in [0.25, 0.3) is 86.6 Å². The van der Waals surface area contributed by atoms with Crippen molar-refractivity contribution in [3.05, 3.63) is 202 Å². The zero-order valence-corrected chi connectivity index (χ0v) is 38.0. The monoisotopic (exact) mass is 974 g/mol. The first kappa shape index (κ1) is 45.5. The summed E-state index contributed by atoms with van der Waals surface area (Å²) in [5, 5.41) is 56.5. The maximum Gasteiger partial charge on any atom is 2.00 e. The maximum absolute atomic E-state index is 12.0. The molecule has 14 nitrogen and oxygen atoms in total. The number of aromatic nitrogens is 4. The van der Waals surface area contributed by atoms with Gasteiger partial charge in [0, 0.05) is 62.5 Å². The number of benzene rings is 7. The van der Waals surface area contributed by atoms with E-state index in [-0.39, 0.29) is 39.3 Å². The Morgan fingerprint density at radius 3 is 1.06 bits per heavy atom. The number of carbonyl (C=O) groups is 4. The molecule has 1 aliphatic rings. The van der Waals surface area contributed by atoms with Crippen molar-refractivity contribution < 1.29 is 56.7 Å². The number of carboxylic acids is 4. The Labute approximate surface area is 412 Å². The van der Waals surface area contributed by atoms with Gasteiger partial charge in [0.15, 0.2) is 0 Å². The molecule has 0 bridgehead atoms. The molecule has 344 valence electrons. The smallest absolute Gasteiger partial charge is 0.654 e. The van der Waals surface area contributed by atoms with Gasteiger partial charge in [0.1, 0.15) is 0 Å². The van der Waals surface area contributed by atoms with Gasteiger partial charge in [-0.25, -0.2) is 19.2 Å². The fourth-order valence-corrected chi connectivity index (χ4v) is 9.15. The number of allylic oxidation sites excluding steroid dienone is 2. The molecule has 0 saturated heterocycles. The van der Waals surface area contributed by atoms with Gasteiger partial charge in [0.05, 0.1) is 44.3 Å². The molecule has 4 N–H and O–H groups in total. The van der Waals surface area contributed by atoms with Crippen molar-refractivity contribution in [3.63, 3.8) is 0 Å². The molecule has 15 heteroatoms. The van der Waals surface area contributed by atoms with Crippen LogP contribution in [0.2, 0.25) is 0 Å². The summed E-state index contributed by atoms with van der Waals surface area (Å²) in [5.41, 5.74) is 5.86. The minimum Gasteiger partial charge on any atom is -0.654 e. The number of nitrogens with zero attached hydrogens (tertiary/aromatic N) is 6. The maximum atomic E-state index is 12.0. The molecule has 7 aromatic carbocycles. The van der Waals surface area contributed by atoms with E-state index in [1.54, 1.807) is 49.1 Å². The molecule has 12 rings (SSSR count). The Morgan fingerprint density at radius 1 is 0.380 bits per heavy atom. The molecule has 0 radical (unpaired) electrons. The predicted octanol–water partition coefficient (Wildman–Crippen LogP) is 13.1. The third-order valence-corrected chi connectivity index (χ3v) is 12.5. The van der Waals surface area contributed by atoms with Crippen LogP contribution in [0.5, 0.6) is 0 Å². The Balaban J connectivity index is 0.000000162. The van der Waals surface area contributed by atoms with Gasteiger partial charge in [-0.3, -0.25) is 19.9 Å². The number of rotatable bonds is 8. The van der Waals surface area contributed by atoms with E-state index in [1.165, 1.54) is 24.3 Å². The number of hydrogen-bond donors (Lipinski definition) is 4. The second kappa shape index (κ2) is 18.3. The summed E-state index contributed by atoms with van der Waals surface area (Å²) < 4.78 is 0. The first-order valence-electron chi connectivity index (χ1n) is 21.9. The van der Waals surface area contributed by atoms with Crippen molar-refractivity contribution in [2.75, 3.05) is 0 Å². The van der Waals surface area contributed by atoms with E-state index < -0.39 is 23.9 Å². The minimum absolute atomic E-state index is 0. The first-order chi connectivity index (χ1) is 34.0. The summed E-state index contributed by atoms with van der Waals surface area (Å²) in [7, 11) is 0. The van der Waals surface area contributed by atoms with Crippen molar-refractivity contribution in [2.45, 2.75) is 12.8 Å². The average molecular weight is 975 g/mol. The Kier molecular flexibility index (Phi) is 11.7. The summed E-state index contributed by atoms with van der Waals surface area (Å²) in [4.78, 5) is 66.1. The van der Waals surface area contributed by atoms with E-state index in [2.05, 4.69) is 32.1 Å². The summed E-state index contributed by atoms with van der Waals surface area (Å²) in [6.07, 6.45) is 12.5. The second-order valence-corrected chi connectivity index (χ2v) is 16.7. The van der Waals surface area contributed by atoms with Crippen LogP contribution in [0.1, 0.15) is 52.6 Å². The van der Waals surface area contributed by atoms with Crippen LogP contribution in [0.4, 0.5) is 22.7 Å². The topological polar surface area (TPSA) is 229 Å². The van der Waals surface area contributed by atoms with Crippen molar-refractivity contribution in [3.8, 4) is 0 Å². The summed E-state index contributed by atoms with van der Waals surface area (Å²) in [6.45, 7) is 0. The fourth-order valence-electron chi connectivity index (χ4n) is 9.15. The quantitative estimate of drug-likeness (QED) is 0.0633. The van der Waals surface area contributed by atoms with Crippen LogP contribution >= 0.6 is 0 Å². The van der Waals surface area contributed by atoms with Crippen LogP contribution in [0.3, 0.4) is 0 Å². The Hall–Kier alpha value is -9.30. The van der Waals surface area contributed by atoms with Crippen molar-refractivity contribution in [2.24, 2.45) is 0 Å². The van der Waals surface area contributed by atoms with Gasteiger partial charge in [-0.1, -0.05) is 109 Å². The van der Waals surface area contributed by atoms with E-state index in [0.29, 0.717) is 67.4 Å². The molecule has 71 heavy (non-hydrogen) atoms. The molecule has 0 amide bonds. The molecule has 11 aromatic rings. The average Bonchev–Trinajstić information content (AvgIpc) is 3.38. The molecular formula is C56H34FeN6O8. The second-order valence-electron chi connectivity index (χ2n) is 16.7. The minimum atomic E-state index is -1.09. The van der Waals surface area contributed by atoms with Crippen molar-refractivity contribution in [1.29, 1.82) is 0 Å². The van der Waals surface area contributed by atoms with E-state index in [4.69, 9.17) is 10.6 Å². The van der Waals surface area contributed by atoms with E-state index in [9.17, 15) is 39.6 Å². The van der Waals surface area contributed by atoms with Gasteiger partial charge in [0.25, 0.3) is 0 Å². The van der Waals surface area contributed by atoms with Gasteiger partial charge in [-0.2, -0.15) is 0 Å². The Bertz CT molecular complexity index is 3990. The van der Waals surface area contributed by atoms with Crippen molar-refractivity contribution in [1.82, 2.24) is 19.9 Å². The van der Waals surface area contributed by atoms with Gasteiger partial charge in [0.2, 0.25) is 0 Å². The fraction of sp³-hybridized carbons (Fsp3) is 0.0357. The largest absolute Gasteiger partial charge is 2.00 e. The number of fused-ring (bicyclic) bond motifs is 12. The number of aromatic carboxylic acids is 4. The zero-order chi connectivity index (χ0) is 48.2. The molecular weight excluding hydrogens is 940 g/mol. The SMILES string of the molecule is O=C(O)c1cc([N-]c2cc(C(=O)O)cc3c2ncc2ccccc23)c2ncc3c(c2c1)CC=CC3.O=C(O)c1cc([N-]c2cc(C(=O)O)cc3c2ncc2ccccc23)c2ncc3ccccc3c2c1.[Fe+2]. The molecule has 0 aliphatic heterocycles. The first-order valence-corrected chi connectivity index (χ1v) is 21.9. The summed E-state index contributed by atoms with van der Waals surface area (Å²) in [5.74, 6) is -4.34. The molecule has 0 atom stereocenters. The Morgan fingerprint density at radius 2 is 0.690 bits per heavy atom. The van der Waals surface area contributed by atoms with E-state index in [0.717, 1.165) is 55.3 Å². The number of hydrogen-bond acceptors (Lipinski definition) is 8. The van der Waals surface area contributed by atoms with Crippen LogP contribution in [0, 0.1) is 0 Å². The third-order valence-electron chi connectivity index (χ3n) is 12.5. The van der Waals surface area contributed by atoms with Crippen LogP contribution in [0.15, 0.2) is 158 Å². The molecule has 0 fully saturated rings. The van der Waals surface area contributed by atoms with E-state index >= 15 is 0 Å². The van der Waals surface area contributed by atoms with Crippen LogP contribution < -0.4 is 0 Å². The summed E-state index contributed by atoms with van der Waals surface area (Å²) in [6, 6.07) is 35.0. The molecule has 0 saturated carbocycles. The van der Waals surface area contributed by atoms with Gasteiger partial charge in [-0.15, -0.1) is 22.7 Å². The van der Waals surface area contributed by atoms with Crippen LogP contribution in [-0.4, -0.2) is 64.2 Å². The molecule has 4 aromatic heterocycles. The van der Waals surface area contributed by atoms with Crippen molar-refractivity contribution >= 4 is 123 Å². The zero-order valence-electron chi connectivity index (χ0n) is 36.9. The van der Waals surface area contributed by atoms with Gasteiger partial charge >= 0.3 is 40.9 Å². The van der Waals surface area contributed by atoms with Gasteiger partial charge in [-0.05, 0) is 64.4 Å².